The normalized spacial score (nSPS) is 11.6. The number of benzene rings is 2. The van der Waals surface area contributed by atoms with E-state index in [1.54, 1.807) is 0 Å². The van der Waals surface area contributed by atoms with Crippen molar-refractivity contribution in [1.29, 1.82) is 0 Å². The number of aromatic nitrogens is 2. The number of hydrogen-bond acceptors (Lipinski definition) is 2. The molecule has 3 heteroatoms. The van der Waals surface area contributed by atoms with Gasteiger partial charge in [-0.15, -0.1) is 0 Å². The molecule has 0 saturated heterocycles. The number of fused-ring (bicyclic) bond motifs is 1. The Morgan fingerprint density at radius 3 is 2.50 bits per heavy atom. The number of aryl methyl sites for hydroxylation is 3. The predicted molar refractivity (Wildman–Crippen MR) is 103 cm³/mol. The molecule has 0 aliphatic rings. The minimum Gasteiger partial charge on any atom is -0.330 e. The minimum absolute atomic E-state index is 0.736. The van der Waals surface area contributed by atoms with Gasteiger partial charge in [0.2, 0.25) is 0 Å². The van der Waals surface area contributed by atoms with Crippen molar-refractivity contribution in [2.75, 3.05) is 6.54 Å². The van der Waals surface area contributed by atoms with Crippen molar-refractivity contribution in [3.05, 3.63) is 65.0 Å². The molecule has 3 aromatic rings. The highest BCUT2D eigenvalue weighted by Gasteiger charge is 2.10. The van der Waals surface area contributed by atoms with Crippen molar-refractivity contribution in [2.24, 2.45) is 5.73 Å². The first kappa shape index (κ1) is 16.5. The van der Waals surface area contributed by atoms with Crippen LogP contribution in [0, 0.1) is 13.8 Å². The van der Waals surface area contributed by atoms with Gasteiger partial charge in [0.05, 0.1) is 11.0 Å². The van der Waals surface area contributed by atoms with Crippen molar-refractivity contribution in [1.82, 2.24) is 9.55 Å². The Hall–Kier alpha value is -2.39. The van der Waals surface area contributed by atoms with E-state index in [0.29, 0.717) is 0 Å². The van der Waals surface area contributed by atoms with Gasteiger partial charge in [0.1, 0.15) is 5.82 Å². The van der Waals surface area contributed by atoms with Crippen LogP contribution in [0.25, 0.3) is 23.2 Å². The maximum Gasteiger partial charge on any atom is 0.133 e. The molecule has 3 nitrogen and oxygen atoms in total. The van der Waals surface area contributed by atoms with Crippen LogP contribution in [0.4, 0.5) is 0 Å². The van der Waals surface area contributed by atoms with Gasteiger partial charge in [-0.1, -0.05) is 36.4 Å². The predicted octanol–water partition coefficient (Wildman–Crippen LogP) is 4.56. The maximum absolute atomic E-state index is 5.66. The standard InChI is InChI=1S/C21H25N3/c1-16-14-19-20(15-17(16)2)24(13-7-6-12-22)21(23-19)11-10-18-8-4-3-5-9-18/h3-5,8-11,14-15H,6-7,12-13,22H2,1-2H3/b11-10+. The molecule has 0 saturated carbocycles. The summed E-state index contributed by atoms with van der Waals surface area (Å²) in [5.74, 6) is 1.01. The minimum atomic E-state index is 0.736. The molecule has 3 rings (SSSR count). The first-order valence-corrected chi connectivity index (χ1v) is 8.59. The molecule has 0 bridgehead atoms. The molecule has 2 aromatic carbocycles. The first-order chi connectivity index (χ1) is 11.7. The lowest BCUT2D eigenvalue weighted by molar-refractivity contribution is 0.623. The molecule has 24 heavy (non-hydrogen) atoms. The zero-order valence-electron chi connectivity index (χ0n) is 14.5. The van der Waals surface area contributed by atoms with Crippen molar-refractivity contribution in [3.63, 3.8) is 0 Å². The fourth-order valence-electron chi connectivity index (χ4n) is 2.91. The molecule has 2 N–H and O–H groups in total. The molecule has 0 radical (unpaired) electrons. The Kier molecular flexibility index (Phi) is 5.11. The quantitative estimate of drug-likeness (QED) is 0.677. The molecule has 1 heterocycles. The maximum atomic E-state index is 5.66. The number of rotatable bonds is 6. The molecule has 0 fully saturated rings. The topological polar surface area (TPSA) is 43.8 Å². The summed E-state index contributed by atoms with van der Waals surface area (Å²) in [6.45, 7) is 5.98. The summed E-state index contributed by atoms with van der Waals surface area (Å²) in [6, 6.07) is 14.8. The van der Waals surface area contributed by atoms with Crippen LogP contribution in [0.5, 0.6) is 0 Å². The number of imidazole rings is 1. The number of nitrogens with zero attached hydrogens (tertiary/aromatic N) is 2. The van der Waals surface area contributed by atoms with Crippen LogP contribution in [-0.4, -0.2) is 16.1 Å². The van der Waals surface area contributed by atoms with Crippen molar-refractivity contribution < 1.29 is 0 Å². The van der Waals surface area contributed by atoms with E-state index in [4.69, 9.17) is 10.7 Å². The van der Waals surface area contributed by atoms with E-state index in [0.717, 1.165) is 37.3 Å². The lowest BCUT2D eigenvalue weighted by Gasteiger charge is -2.08. The van der Waals surface area contributed by atoms with Crippen LogP contribution in [-0.2, 0) is 6.54 Å². The largest absolute Gasteiger partial charge is 0.330 e. The highest BCUT2D eigenvalue weighted by atomic mass is 15.1. The fourth-order valence-corrected chi connectivity index (χ4v) is 2.91. The number of hydrogen-bond donors (Lipinski definition) is 1. The zero-order chi connectivity index (χ0) is 16.9. The Labute approximate surface area is 143 Å². The molecule has 0 unspecified atom stereocenters. The van der Waals surface area contributed by atoms with Gasteiger partial charge in [-0.2, -0.15) is 0 Å². The van der Waals surface area contributed by atoms with E-state index >= 15 is 0 Å². The average Bonchev–Trinajstić information content (AvgIpc) is 2.91. The molecular formula is C21H25N3. The first-order valence-electron chi connectivity index (χ1n) is 8.59. The lowest BCUT2D eigenvalue weighted by Crippen LogP contribution is -2.04. The summed E-state index contributed by atoms with van der Waals surface area (Å²) in [5.41, 5.74) is 11.7. The summed E-state index contributed by atoms with van der Waals surface area (Å²) in [5, 5.41) is 0. The third-order valence-electron chi connectivity index (χ3n) is 4.45. The van der Waals surface area contributed by atoms with Gasteiger partial charge in [0.15, 0.2) is 0 Å². The Bertz CT molecular complexity index is 844. The average molecular weight is 319 g/mol. The second kappa shape index (κ2) is 7.45. The monoisotopic (exact) mass is 319 g/mol. The van der Waals surface area contributed by atoms with Crippen molar-refractivity contribution >= 4 is 23.2 Å². The zero-order valence-corrected chi connectivity index (χ0v) is 14.5. The molecule has 124 valence electrons. The second-order valence-electron chi connectivity index (χ2n) is 6.29. The van der Waals surface area contributed by atoms with Crippen LogP contribution in [0.3, 0.4) is 0 Å². The van der Waals surface area contributed by atoms with Gasteiger partial charge in [0, 0.05) is 6.54 Å². The van der Waals surface area contributed by atoms with E-state index in [1.165, 1.54) is 22.2 Å². The van der Waals surface area contributed by atoms with Gasteiger partial charge in [-0.3, -0.25) is 0 Å². The number of unbranched alkanes of at least 4 members (excludes halogenated alkanes) is 1. The highest BCUT2D eigenvalue weighted by Crippen LogP contribution is 2.22. The Balaban J connectivity index is 2.01. The van der Waals surface area contributed by atoms with Crippen molar-refractivity contribution in [2.45, 2.75) is 33.2 Å². The van der Waals surface area contributed by atoms with Gasteiger partial charge in [-0.25, -0.2) is 4.98 Å². The van der Waals surface area contributed by atoms with Gasteiger partial charge >= 0.3 is 0 Å². The molecule has 0 spiro atoms. The summed E-state index contributed by atoms with van der Waals surface area (Å²) in [4.78, 5) is 4.85. The molecule has 0 atom stereocenters. The second-order valence-corrected chi connectivity index (χ2v) is 6.29. The summed E-state index contributed by atoms with van der Waals surface area (Å²) >= 11 is 0. The van der Waals surface area contributed by atoms with Crippen LogP contribution in [0.1, 0.15) is 35.4 Å². The highest BCUT2D eigenvalue weighted by molar-refractivity contribution is 5.81. The summed E-state index contributed by atoms with van der Waals surface area (Å²) in [7, 11) is 0. The summed E-state index contributed by atoms with van der Waals surface area (Å²) < 4.78 is 2.32. The Morgan fingerprint density at radius 1 is 1.00 bits per heavy atom. The van der Waals surface area contributed by atoms with Crippen molar-refractivity contribution in [3.8, 4) is 0 Å². The van der Waals surface area contributed by atoms with Gasteiger partial charge in [0.25, 0.3) is 0 Å². The third kappa shape index (κ3) is 3.57. The molecule has 1 aromatic heterocycles. The fraction of sp³-hybridized carbons (Fsp3) is 0.286. The van der Waals surface area contributed by atoms with Gasteiger partial charge < -0.3 is 10.3 Å². The van der Waals surface area contributed by atoms with Crippen LogP contribution >= 0.6 is 0 Å². The van der Waals surface area contributed by atoms with E-state index in [1.807, 2.05) is 6.07 Å². The SMILES string of the molecule is Cc1cc2nc(/C=C/c3ccccc3)n(CCCCN)c2cc1C. The van der Waals surface area contributed by atoms with E-state index in [9.17, 15) is 0 Å². The number of nitrogens with two attached hydrogens (primary N) is 1. The summed E-state index contributed by atoms with van der Waals surface area (Å²) in [6.07, 6.45) is 6.34. The van der Waals surface area contributed by atoms with Crippen LogP contribution in [0.2, 0.25) is 0 Å². The molecule has 0 aliphatic carbocycles. The smallest absolute Gasteiger partial charge is 0.133 e. The van der Waals surface area contributed by atoms with Crippen LogP contribution < -0.4 is 5.73 Å². The van der Waals surface area contributed by atoms with Crippen LogP contribution in [0.15, 0.2) is 42.5 Å². The van der Waals surface area contributed by atoms with Gasteiger partial charge in [-0.05, 0) is 68.1 Å². The van der Waals surface area contributed by atoms with E-state index in [2.05, 4.69) is 67.0 Å². The molecule has 0 amide bonds. The lowest BCUT2D eigenvalue weighted by atomic mass is 10.1. The molecule has 0 aliphatic heterocycles. The van der Waals surface area contributed by atoms with E-state index < -0.39 is 0 Å². The Morgan fingerprint density at radius 2 is 1.75 bits per heavy atom. The van der Waals surface area contributed by atoms with E-state index in [-0.39, 0.29) is 0 Å². The third-order valence-corrected chi connectivity index (χ3v) is 4.45. The molecular weight excluding hydrogens is 294 g/mol.